The first kappa shape index (κ1) is 23.0. The highest BCUT2D eigenvalue weighted by Crippen LogP contribution is 2.27. The number of benzene rings is 1. The summed E-state index contributed by atoms with van der Waals surface area (Å²) in [6.07, 6.45) is 2.68. The van der Waals surface area contributed by atoms with E-state index in [1.54, 1.807) is 6.20 Å². The molecule has 0 radical (unpaired) electrons. The van der Waals surface area contributed by atoms with Crippen molar-refractivity contribution in [2.45, 2.75) is 45.3 Å². The van der Waals surface area contributed by atoms with Gasteiger partial charge >= 0.3 is 11.8 Å². The normalized spacial score (nSPS) is 17.2. The van der Waals surface area contributed by atoms with Crippen LogP contribution in [0.2, 0.25) is 0 Å². The van der Waals surface area contributed by atoms with Crippen LogP contribution in [0, 0.1) is 6.92 Å². The van der Waals surface area contributed by atoms with Gasteiger partial charge in [-0.15, -0.1) is 0 Å². The van der Waals surface area contributed by atoms with Crippen LogP contribution in [0.4, 0.5) is 5.82 Å². The van der Waals surface area contributed by atoms with Gasteiger partial charge in [0.1, 0.15) is 5.82 Å². The van der Waals surface area contributed by atoms with Crippen molar-refractivity contribution in [3.63, 3.8) is 0 Å². The predicted octanol–water partition coefficient (Wildman–Crippen LogP) is 2.03. The van der Waals surface area contributed by atoms with Crippen molar-refractivity contribution in [3.8, 4) is 0 Å². The van der Waals surface area contributed by atoms with Crippen LogP contribution in [0.3, 0.4) is 0 Å². The van der Waals surface area contributed by atoms with Gasteiger partial charge < -0.3 is 15.5 Å². The Morgan fingerprint density at radius 2 is 1.90 bits per heavy atom. The van der Waals surface area contributed by atoms with E-state index in [1.807, 2.05) is 50.5 Å². The predicted molar refractivity (Wildman–Crippen MR) is 122 cm³/mol. The second kappa shape index (κ2) is 9.62. The molecule has 31 heavy (non-hydrogen) atoms. The number of amides is 2. The minimum atomic E-state index is -0.668. The largest absolute Gasteiger partial charge is 0.346 e. The van der Waals surface area contributed by atoms with E-state index >= 15 is 0 Å². The number of aromatic nitrogens is 2. The number of anilines is 1. The van der Waals surface area contributed by atoms with Crippen molar-refractivity contribution in [1.29, 1.82) is 0 Å². The molecule has 3 rings (SSSR count). The quantitative estimate of drug-likeness (QED) is 0.662. The van der Waals surface area contributed by atoms with E-state index in [4.69, 9.17) is 0 Å². The van der Waals surface area contributed by atoms with Gasteiger partial charge in [0.25, 0.3) is 0 Å². The van der Waals surface area contributed by atoms with Crippen molar-refractivity contribution in [1.82, 2.24) is 24.9 Å². The summed E-state index contributed by atoms with van der Waals surface area (Å²) in [4.78, 5) is 29.3. The number of carbonyl (C=O) groups excluding carboxylic acids is 2. The molecule has 8 heteroatoms. The maximum atomic E-state index is 12.5. The van der Waals surface area contributed by atoms with E-state index in [0.29, 0.717) is 12.4 Å². The number of likely N-dealkylation sites (N-methyl/N-ethyl adjacent to an activating group) is 1. The molecule has 2 aromatic rings. The molecule has 0 unspecified atom stereocenters. The molecule has 2 heterocycles. The molecule has 2 N–H and O–H groups in total. The van der Waals surface area contributed by atoms with Gasteiger partial charge in [-0.25, -0.2) is 4.68 Å². The van der Waals surface area contributed by atoms with Crippen molar-refractivity contribution >= 4 is 17.6 Å². The molecular formula is C23H34N6O2. The first-order valence-corrected chi connectivity index (χ1v) is 10.7. The molecule has 1 saturated heterocycles. The van der Waals surface area contributed by atoms with Crippen LogP contribution >= 0.6 is 0 Å². The lowest BCUT2D eigenvalue weighted by Crippen LogP contribution is -2.50. The summed E-state index contributed by atoms with van der Waals surface area (Å²) in [6.45, 7) is 8.99. The molecule has 0 spiro atoms. The summed E-state index contributed by atoms with van der Waals surface area (Å²) in [7, 11) is 3.88. The summed E-state index contributed by atoms with van der Waals surface area (Å²) in [6, 6.07) is 10.6. The zero-order chi connectivity index (χ0) is 22.6. The van der Waals surface area contributed by atoms with Crippen LogP contribution in [0.1, 0.15) is 37.4 Å². The topological polar surface area (TPSA) is 82.5 Å². The first-order chi connectivity index (χ1) is 14.7. The molecule has 1 atom stereocenters. The maximum Gasteiger partial charge on any atom is 0.314 e. The number of rotatable bonds is 7. The molecule has 1 aliphatic heterocycles. The summed E-state index contributed by atoms with van der Waals surface area (Å²) >= 11 is 0. The summed E-state index contributed by atoms with van der Waals surface area (Å²) in [5.41, 5.74) is 1.88. The fraction of sp³-hybridized carbons (Fsp3) is 0.522. The molecule has 1 aromatic heterocycles. The summed E-state index contributed by atoms with van der Waals surface area (Å²) < 4.78 is 1.86. The molecule has 1 fully saturated rings. The fourth-order valence-electron chi connectivity index (χ4n) is 3.58. The smallest absolute Gasteiger partial charge is 0.314 e. The minimum Gasteiger partial charge on any atom is -0.346 e. The van der Waals surface area contributed by atoms with Gasteiger partial charge in [0.05, 0.1) is 12.2 Å². The molecule has 0 bridgehead atoms. The average molecular weight is 427 g/mol. The molecule has 0 saturated carbocycles. The highest BCUT2D eigenvalue weighted by molar-refractivity contribution is 6.39. The Morgan fingerprint density at radius 3 is 2.58 bits per heavy atom. The number of hydrogen-bond acceptors (Lipinski definition) is 5. The zero-order valence-corrected chi connectivity index (χ0v) is 19.2. The van der Waals surface area contributed by atoms with E-state index in [-0.39, 0.29) is 11.6 Å². The molecule has 1 aromatic carbocycles. The second-order valence-electron chi connectivity index (χ2n) is 9.13. The van der Waals surface area contributed by atoms with E-state index in [0.717, 1.165) is 31.6 Å². The highest BCUT2D eigenvalue weighted by atomic mass is 16.2. The Balaban J connectivity index is 1.61. The fourth-order valence-corrected chi connectivity index (χ4v) is 3.58. The lowest BCUT2D eigenvalue weighted by Gasteiger charge is -2.32. The van der Waals surface area contributed by atoms with Crippen LogP contribution < -0.4 is 10.6 Å². The number of hydrogen-bond donors (Lipinski definition) is 2. The molecule has 2 amide bonds. The number of likely N-dealkylation sites (tertiary alicyclic amines) is 1. The Kier molecular flexibility index (Phi) is 7.12. The van der Waals surface area contributed by atoms with E-state index in [2.05, 4.69) is 44.9 Å². The summed E-state index contributed by atoms with van der Waals surface area (Å²) in [5.74, 6) is -0.712. The standard InChI is InChI=1S/C23H34N6O2/c1-17-13-25-29(19-11-12-28(15-19)14-18-9-7-6-8-10-18)20(17)26-22(31)21(30)24-16-23(2,3)27(4)5/h6-10,13,19H,11-12,14-16H2,1-5H3,(H,24,30)(H,26,31)/t19-/m0/s1. The molecule has 0 aliphatic carbocycles. The highest BCUT2D eigenvalue weighted by Gasteiger charge is 2.28. The van der Waals surface area contributed by atoms with Gasteiger partial charge in [0, 0.05) is 37.3 Å². The second-order valence-corrected chi connectivity index (χ2v) is 9.13. The zero-order valence-electron chi connectivity index (χ0n) is 19.2. The molecule has 8 nitrogen and oxygen atoms in total. The van der Waals surface area contributed by atoms with E-state index < -0.39 is 11.8 Å². The van der Waals surface area contributed by atoms with Gasteiger partial charge in [0.2, 0.25) is 0 Å². The molecule has 168 valence electrons. The Hall–Kier alpha value is -2.71. The minimum absolute atomic E-state index is 0.156. The van der Waals surface area contributed by atoms with Crippen molar-refractivity contribution in [2.75, 3.05) is 39.0 Å². The Morgan fingerprint density at radius 1 is 1.19 bits per heavy atom. The van der Waals surface area contributed by atoms with E-state index in [1.165, 1.54) is 5.56 Å². The molecule has 1 aliphatic rings. The number of nitrogens with one attached hydrogen (secondary N) is 2. The van der Waals surface area contributed by atoms with E-state index in [9.17, 15) is 9.59 Å². The van der Waals surface area contributed by atoms with Crippen molar-refractivity contribution in [3.05, 3.63) is 47.7 Å². The number of nitrogens with zero attached hydrogens (tertiary/aromatic N) is 4. The van der Waals surface area contributed by atoms with Gasteiger partial charge in [-0.2, -0.15) is 5.10 Å². The monoisotopic (exact) mass is 426 g/mol. The Bertz CT molecular complexity index is 906. The van der Waals surface area contributed by atoms with Gasteiger partial charge in [-0.1, -0.05) is 30.3 Å². The first-order valence-electron chi connectivity index (χ1n) is 10.7. The van der Waals surface area contributed by atoms with Crippen LogP contribution in [0.15, 0.2) is 36.5 Å². The SMILES string of the molecule is Cc1cnn([C@H]2CCN(Cc3ccccc3)C2)c1NC(=O)C(=O)NCC(C)(C)N(C)C. The average Bonchev–Trinajstić information content (AvgIpc) is 3.33. The molecular weight excluding hydrogens is 392 g/mol. The van der Waals surface area contributed by atoms with Crippen molar-refractivity contribution < 1.29 is 9.59 Å². The van der Waals surface area contributed by atoms with Crippen LogP contribution in [0.25, 0.3) is 0 Å². The van der Waals surface area contributed by atoms with Gasteiger partial charge in [-0.05, 0) is 46.9 Å². The number of aryl methyl sites for hydroxylation is 1. The lowest BCUT2D eigenvalue weighted by molar-refractivity contribution is -0.136. The Labute approximate surface area is 184 Å². The lowest BCUT2D eigenvalue weighted by atomic mass is 10.0. The van der Waals surface area contributed by atoms with Crippen molar-refractivity contribution in [2.24, 2.45) is 0 Å². The van der Waals surface area contributed by atoms with Crippen LogP contribution in [-0.2, 0) is 16.1 Å². The summed E-state index contributed by atoms with van der Waals surface area (Å²) in [5, 5.41) is 10.0. The maximum absolute atomic E-state index is 12.5. The third-order valence-electron chi connectivity index (χ3n) is 6.15. The van der Waals surface area contributed by atoms with Crippen LogP contribution in [0.5, 0.6) is 0 Å². The van der Waals surface area contributed by atoms with Gasteiger partial charge in [-0.3, -0.25) is 14.5 Å². The van der Waals surface area contributed by atoms with Crippen LogP contribution in [-0.4, -0.2) is 70.7 Å². The number of carbonyl (C=O) groups is 2. The third-order valence-corrected chi connectivity index (χ3v) is 6.15. The van der Waals surface area contributed by atoms with Gasteiger partial charge in [0.15, 0.2) is 0 Å². The third kappa shape index (κ3) is 5.71.